The Morgan fingerprint density at radius 1 is 1.38 bits per heavy atom. The van der Waals surface area contributed by atoms with Crippen molar-refractivity contribution in [1.82, 2.24) is 0 Å². The molecule has 0 radical (unpaired) electrons. The second-order valence-electron chi connectivity index (χ2n) is 4.38. The topological polar surface area (TPSA) is 70.7 Å². The SMILES string of the molecule is O=C(O)[C@@](O)(c1ccco1)C1CCCCC1. The molecule has 2 rings (SSSR count). The molecular weight excluding hydrogens is 208 g/mol. The quantitative estimate of drug-likeness (QED) is 0.825. The fourth-order valence-electron chi connectivity index (χ4n) is 2.50. The molecule has 1 aromatic heterocycles. The Labute approximate surface area is 93.9 Å². The van der Waals surface area contributed by atoms with Crippen molar-refractivity contribution in [1.29, 1.82) is 0 Å². The first-order chi connectivity index (χ1) is 7.65. The zero-order valence-corrected chi connectivity index (χ0v) is 9.06. The highest BCUT2D eigenvalue weighted by Crippen LogP contribution is 2.39. The van der Waals surface area contributed by atoms with Gasteiger partial charge in [-0.2, -0.15) is 0 Å². The molecule has 0 amide bonds. The standard InChI is InChI=1S/C12H16O4/c13-11(14)12(15,10-7-4-8-16-10)9-5-2-1-3-6-9/h4,7-9,15H,1-3,5-6H2,(H,13,14)/t12-/m0/s1. The van der Waals surface area contributed by atoms with E-state index < -0.39 is 11.6 Å². The van der Waals surface area contributed by atoms with Gasteiger partial charge in [0.2, 0.25) is 5.60 Å². The number of hydrogen-bond donors (Lipinski definition) is 2. The highest BCUT2D eigenvalue weighted by Gasteiger charge is 2.48. The van der Waals surface area contributed by atoms with E-state index in [-0.39, 0.29) is 11.7 Å². The molecule has 1 aliphatic rings. The fraction of sp³-hybridized carbons (Fsp3) is 0.583. The Hall–Kier alpha value is -1.29. The van der Waals surface area contributed by atoms with E-state index in [1.54, 1.807) is 6.07 Å². The number of carboxylic acid groups (broad SMARTS) is 1. The zero-order chi connectivity index (χ0) is 11.6. The molecule has 0 bridgehead atoms. The molecule has 1 saturated carbocycles. The van der Waals surface area contributed by atoms with Crippen molar-refractivity contribution >= 4 is 5.97 Å². The maximum atomic E-state index is 11.3. The van der Waals surface area contributed by atoms with E-state index in [9.17, 15) is 15.0 Å². The molecule has 2 N–H and O–H groups in total. The molecule has 4 nitrogen and oxygen atoms in total. The smallest absolute Gasteiger partial charge is 0.344 e. The number of furan rings is 1. The highest BCUT2D eigenvalue weighted by molar-refractivity contribution is 5.78. The highest BCUT2D eigenvalue weighted by atomic mass is 16.4. The van der Waals surface area contributed by atoms with Gasteiger partial charge >= 0.3 is 5.97 Å². The second kappa shape index (κ2) is 4.29. The van der Waals surface area contributed by atoms with Crippen LogP contribution in [0.3, 0.4) is 0 Å². The molecule has 1 heterocycles. The number of hydrogen-bond acceptors (Lipinski definition) is 3. The molecule has 1 aromatic rings. The summed E-state index contributed by atoms with van der Waals surface area (Å²) in [7, 11) is 0. The maximum Gasteiger partial charge on any atom is 0.344 e. The third-order valence-electron chi connectivity index (χ3n) is 3.42. The molecule has 0 aliphatic heterocycles. The van der Waals surface area contributed by atoms with Crippen molar-refractivity contribution in [3.63, 3.8) is 0 Å². The van der Waals surface area contributed by atoms with Crippen LogP contribution in [0.25, 0.3) is 0 Å². The fourth-order valence-corrected chi connectivity index (χ4v) is 2.50. The van der Waals surface area contributed by atoms with Gasteiger partial charge in [0, 0.05) is 5.92 Å². The van der Waals surface area contributed by atoms with Gasteiger partial charge in [-0.15, -0.1) is 0 Å². The van der Waals surface area contributed by atoms with Gasteiger partial charge in [0.1, 0.15) is 5.76 Å². The van der Waals surface area contributed by atoms with Crippen LogP contribution in [0.5, 0.6) is 0 Å². The normalized spacial score (nSPS) is 21.6. The van der Waals surface area contributed by atoms with E-state index in [4.69, 9.17) is 4.42 Å². The first-order valence-corrected chi connectivity index (χ1v) is 5.65. The molecule has 1 aliphatic carbocycles. The number of carbonyl (C=O) groups is 1. The molecule has 0 spiro atoms. The van der Waals surface area contributed by atoms with Crippen molar-refractivity contribution in [2.75, 3.05) is 0 Å². The zero-order valence-electron chi connectivity index (χ0n) is 9.06. The second-order valence-corrected chi connectivity index (χ2v) is 4.38. The van der Waals surface area contributed by atoms with Crippen LogP contribution in [0.1, 0.15) is 37.9 Å². The van der Waals surface area contributed by atoms with E-state index in [0.29, 0.717) is 0 Å². The van der Waals surface area contributed by atoms with Gasteiger partial charge in [0.25, 0.3) is 0 Å². The van der Waals surface area contributed by atoms with Crippen molar-refractivity contribution in [3.05, 3.63) is 24.2 Å². The summed E-state index contributed by atoms with van der Waals surface area (Å²) in [6, 6.07) is 3.13. The molecule has 1 atom stereocenters. The molecule has 4 heteroatoms. The summed E-state index contributed by atoms with van der Waals surface area (Å²) in [5, 5.41) is 19.6. The van der Waals surface area contributed by atoms with Gasteiger partial charge in [-0.3, -0.25) is 0 Å². The average molecular weight is 224 g/mol. The molecular formula is C12H16O4. The van der Waals surface area contributed by atoms with Crippen LogP contribution in [0, 0.1) is 5.92 Å². The van der Waals surface area contributed by atoms with Crippen LogP contribution in [0.2, 0.25) is 0 Å². The van der Waals surface area contributed by atoms with Crippen molar-refractivity contribution in [3.8, 4) is 0 Å². The molecule has 0 saturated heterocycles. The van der Waals surface area contributed by atoms with E-state index in [1.807, 2.05) is 0 Å². The predicted molar refractivity (Wildman–Crippen MR) is 56.8 cm³/mol. The van der Waals surface area contributed by atoms with Gasteiger partial charge in [-0.05, 0) is 25.0 Å². The van der Waals surface area contributed by atoms with Crippen LogP contribution >= 0.6 is 0 Å². The minimum absolute atomic E-state index is 0.145. The Balaban J connectivity index is 2.31. The van der Waals surface area contributed by atoms with Crippen LogP contribution in [-0.2, 0) is 10.4 Å². The molecule has 0 aromatic carbocycles. The Morgan fingerprint density at radius 2 is 2.06 bits per heavy atom. The third-order valence-corrected chi connectivity index (χ3v) is 3.42. The van der Waals surface area contributed by atoms with E-state index in [1.165, 1.54) is 12.3 Å². The van der Waals surface area contributed by atoms with Crippen LogP contribution < -0.4 is 0 Å². The van der Waals surface area contributed by atoms with Crippen molar-refractivity contribution in [2.45, 2.75) is 37.7 Å². The van der Waals surface area contributed by atoms with Crippen LogP contribution in [-0.4, -0.2) is 16.2 Å². The first-order valence-electron chi connectivity index (χ1n) is 5.65. The molecule has 88 valence electrons. The largest absolute Gasteiger partial charge is 0.479 e. The van der Waals surface area contributed by atoms with Gasteiger partial charge in [-0.1, -0.05) is 19.3 Å². The first kappa shape index (κ1) is 11.2. The Kier molecular flexibility index (Phi) is 3.01. The average Bonchev–Trinajstić information content (AvgIpc) is 2.82. The lowest BCUT2D eigenvalue weighted by molar-refractivity contribution is -0.171. The lowest BCUT2D eigenvalue weighted by atomic mass is 9.75. The summed E-state index contributed by atoms with van der Waals surface area (Å²) in [6.07, 6.45) is 5.94. The van der Waals surface area contributed by atoms with E-state index >= 15 is 0 Å². The third kappa shape index (κ3) is 1.73. The van der Waals surface area contributed by atoms with Gasteiger partial charge in [0.05, 0.1) is 6.26 Å². The monoisotopic (exact) mass is 224 g/mol. The van der Waals surface area contributed by atoms with E-state index in [2.05, 4.69) is 0 Å². The van der Waals surface area contributed by atoms with Gasteiger partial charge in [-0.25, -0.2) is 4.79 Å². The maximum absolute atomic E-state index is 11.3. The lowest BCUT2D eigenvalue weighted by Crippen LogP contribution is -2.43. The summed E-state index contributed by atoms with van der Waals surface area (Å²) >= 11 is 0. The van der Waals surface area contributed by atoms with Crippen LogP contribution in [0.4, 0.5) is 0 Å². The van der Waals surface area contributed by atoms with Crippen molar-refractivity contribution < 1.29 is 19.4 Å². The molecule has 0 unspecified atom stereocenters. The summed E-state index contributed by atoms with van der Waals surface area (Å²) in [4.78, 5) is 11.3. The minimum Gasteiger partial charge on any atom is -0.479 e. The number of carboxylic acids is 1. The van der Waals surface area contributed by atoms with Crippen LogP contribution in [0.15, 0.2) is 22.8 Å². The number of rotatable bonds is 3. The lowest BCUT2D eigenvalue weighted by Gasteiger charge is -2.33. The van der Waals surface area contributed by atoms with Gasteiger partial charge in [0.15, 0.2) is 0 Å². The Bertz CT molecular complexity index is 351. The number of aliphatic hydroxyl groups is 1. The van der Waals surface area contributed by atoms with E-state index in [0.717, 1.165) is 32.1 Å². The summed E-state index contributed by atoms with van der Waals surface area (Å²) in [5.41, 5.74) is -1.86. The summed E-state index contributed by atoms with van der Waals surface area (Å²) in [5.74, 6) is -1.31. The number of aliphatic carboxylic acids is 1. The molecule has 1 fully saturated rings. The predicted octanol–water partition coefficient (Wildman–Crippen LogP) is 2.13. The van der Waals surface area contributed by atoms with Gasteiger partial charge < -0.3 is 14.6 Å². The summed E-state index contributed by atoms with van der Waals surface area (Å²) in [6.45, 7) is 0. The molecule has 16 heavy (non-hydrogen) atoms. The minimum atomic E-state index is -1.86. The Morgan fingerprint density at radius 3 is 2.56 bits per heavy atom. The summed E-state index contributed by atoms with van der Waals surface area (Å²) < 4.78 is 5.08. The van der Waals surface area contributed by atoms with Crippen molar-refractivity contribution in [2.24, 2.45) is 5.92 Å².